The molecule has 0 heterocycles. The second-order valence-corrected chi connectivity index (χ2v) is 6.13. The first-order valence-electron chi connectivity index (χ1n) is 7.52. The molecule has 0 aliphatic carbocycles. The summed E-state index contributed by atoms with van der Waals surface area (Å²) in [5.74, 6) is -0.191. The highest BCUT2D eigenvalue weighted by Crippen LogP contribution is 2.25. The molecule has 3 heteroatoms. The lowest BCUT2D eigenvalue weighted by molar-refractivity contribution is -0.143. The summed E-state index contributed by atoms with van der Waals surface area (Å²) >= 11 is 3.41. The molecule has 2 nitrogen and oxygen atoms in total. The van der Waals surface area contributed by atoms with Crippen LogP contribution in [-0.2, 0) is 9.53 Å². The largest absolute Gasteiger partial charge is 0.465 e. The zero-order valence-corrected chi connectivity index (χ0v) is 14.1. The molecule has 0 saturated carbocycles. The van der Waals surface area contributed by atoms with Crippen molar-refractivity contribution < 1.29 is 9.53 Å². The normalized spacial score (nSPS) is 12.2. The van der Waals surface area contributed by atoms with Gasteiger partial charge in [0.05, 0.1) is 6.61 Å². The molecule has 0 unspecified atom stereocenters. The Morgan fingerprint density at radius 3 is 2.60 bits per heavy atom. The fourth-order valence-electron chi connectivity index (χ4n) is 2.09. The maximum Gasteiger partial charge on any atom is 0.324 e. The monoisotopic (exact) mass is 340 g/mol. The summed E-state index contributed by atoms with van der Waals surface area (Å²) in [5.41, 5.74) is 2.11. The number of hydrogen-bond donors (Lipinski definition) is 0. The number of unbranched alkanes of at least 4 members (excludes halogenated alkanes) is 5. The van der Waals surface area contributed by atoms with Crippen LogP contribution in [0.15, 0.2) is 24.3 Å². The van der Waals surface area contributed by atoms with Crippen LogP contribution in [0.2, 0.25) is 0 Å². The smallest absolute Gasteiger partial charge is 0.324 e. The lowest BCUT2D eigenvalue weighted by Crippen LogP contribution is -2.12. The molecule has 1 aromatic carbocycles. The van der Waals surface area contributed by atoms with E-state index in [0.29, 0.717) is 6.61 Å². The summed E-state index contributed by atoms with van der Waals surface area (Å²) in [4.78, 5) is 11.6. The quantitative estimate of drug-likeness (QED) is 0.344. The second-order valence-electron chi connectivity index (χ2n) is 5.21. The Labute approximate surface area is 131 Å². The molecule has 0 aromatic heterocycles. The number of alkyl halides is 1. The molecule has 0 radical (unpaired) electrons. The van der Waals surface area contributed by atoms with E-state index in [1.54, 1.807) is 0 Å². The van der Waals surface area contributed by atoms with Gasteiger partial charge in [-0.15, -0.1) is 0 Å². The summed E-state index contributed by atoms with van der Waals surface area (Å²) in [7, 11) is 0. The molecule has 0 N–H and O–H groups in total. The molecular weight excluding hydrogens is 316 g/mol. The molecule has 0 aliphatic heterocycles. The van der Waals surface area contributed by atoms with Gasteiger partial charge in [-0.25, -0.2) is 0 Å². The average Bonchev–Trinajstić information content (AvgIpc) is 2.45. The van der Waals surface area contributed by atoms with Crippen LogP contribution >= 0.6 is 15.9 Å². The van der Waals surface area contributed by atoms with Gasteiger partial charge in [0.2, 0.25) is 0 Å². The average molecular weight is 341 g/mol. The van der Waals surface area contributed by atoms with E-state index in [9.17, 15) is 4.79 Å². The summed E-state index contributed by atoms with van der Waals surface area (Å²) in [6.45, 7) is 4.76. The van der Waals surface area contributed by atoms with Crippen molar-refractivity contribution in [2.75, 3.05) is 6.61 Å². The number of aryl methyl sites for hydroxylation is 1. The lowest BCUT2D eigenvalue weighted by Gasteiger charge is -2.11. The van der Waals surface area contributed by atoms with Gasteiger partial charge in [-0.3, -0.25) is 4.79 Å². The van der Waals surface area contributed by atoms with E-state index in [0.717, 1.165) is 24.0 Å². The predicted molar refractivity (Wildman–Crippen MR) is 87.2 cm³/mol. The number of carbonyl (C=O) groups is 1. The third-order valence-corrected chi connectivity index (χ3v) is 4.19. The molecule has 0 bridgehead atoms. The van der Waals surface area contributed by atoms with Gasteiger partial charge in [0.25, 0.3) is 0 Å². The molecule has 112 valence electrons. The molecule has 0 saturated heterocycles. The molecule has 0 spiro atoms. The molecule has 20 heavy (non-hydrogen) atoms. The van der Waals surface area contributed by atoms with E-state index in [1.807, 2.05) is 31.2 Å². The van der Waals surface area contributed by atoms with Crippen LogP contribution in [0.4, 0.5) is 0 Å². The summed E-state index contributed by atoms with van der Waals surface area (Å²) in [6, 6.07) is 7.93. The highest BCUT2D eigenvalue weighted by molar-refractivity contribution is 9.09. The van der Waals surface area contributed by atoms with Crippen molar-refractivity contribution in [3.05, 3.63) is 35.4 Å². The SMILES string of the molecule is CCCCCCCCOC(=O)[C@H](Br)c1cccc(C)c1. The first kappa shape index (κ1) is 17.2. The Bertz CT molecular complexity index is 404. The van der Waals surface area contributed by atoms with Crippen molar-refractivity contribution in [3.63, 3.8) is 0 Å². The van der Waals surface area contributed by atoms with Crippen molar-refractivity contribution in [2.24, 2.45) is 0 Å². The van der Waals surface area contributed by atoms with Crippen LogP contribution in [0.1, 0.15) is 61.4 Å². The minimum absolute atomic E-state index is 0.191. The van der Waals surface area contributed by atoms with Crippen molar-refractivity contribution in [2.45, 2.75) is 57.2 Å². The van der Waals surface area contributed by atoms with Crippen molar-refractivity contribution in [1.29, 1.82) is 0 Å². The van der Waals surface area contributed by atoms with Crippen LogP contribution in [-0.4, -0.2) is 12.6 Å². The van der Waals surface area contributed by atoms with Gasteiger partial charge in [-0.1, -0.05) is 84.8 Å². The van der Waals surface area contributed by atoms with Gasteiger partial charge in [-0.2, -0.15) is 0 Å². The Hall–Kier alpha value is -0.830. The maximum absolute atomic E-state index is 11.9. The number of rotatable bonds is 9. The van der Waals surface area contributed by atoms with E-state index in [4.69, 9.17) is 4.74 Å². The Kier molecular flexibility index (Phi) is 8.59. The van der Waals surface area contributed by atoms with Gasteiger partial charge >= 0.3 is 5.97 Å². The van der Waals surface area contributed by atoms with Crippen molar-refractivity contribution >= 4 is 21.9 Å². The molecule has 1 rings (SSSR count). The highest BCUT2D eigenvalue weighted by Gasteiger charge is 2.18. The van der Waals surface area contributed by atoms with E-state index in [1.165, 1.54) is 25.7 Å². The van der Waals surface area contributed by atoms with Crippen LogP contribution in [0.3, 0.4) is 0 Å². The number of halogens is 1. The zero-order valence-electron chi connectivity index (χ0n) is 12.5. The van der Waals surface area contributed by atoms with Crippen LogP contribution in [0.5, 0.6) is 0 Å². The topological polar surface area (TPSA) is 26.3 Å². The van der Waals surface area contributed by atoms with Crippen LogP contribution < -0.4 is 0 Å². The number of benzene rings is 1. The van der Waals surface area contributed by atoms with E-state index in [2.05, 4.69) is 22.9 Å². The molecular formula is C17H25BrO2. The minimum Gasteiger partial charge on any atom is -0.465 e. The second kappa shape index (κ2) is 9.98. The van der Waals surface area contributed by atoms with Crippen molar-refractivity contribution in [1.82, 2.24) is 0 Å². The van der Waals surface area contributed by atoms with Gasteiger partial charge in [0.1, 0.15) is 4.83 Å². The van der Waals surface area contributed by atoms with Gasteiger partial charge in [0, 0.05) is 0 Å². The fraction of sp³-hybridized carbons (Fsp3) is 0.588. The van der Waals surface area contributed by atoms with Crippen LogP contribution in [0, 0.1) is 6.92 Å². The Morgan fingerprint density at radius 2 is 1.90 bits per heavy atom. The minimum atomic E-state index is -0.359. The Morgan fingerprint density at radius 1 is 1.20 bits per heavy atom. The third-order valence-electron chi connectivity index (χ3n) is 3.28. The summed E-state index contributed by atoms with van der Waals surface area (Å²) in [5, 5.41) is 0. The molecule has 1 atom stereocenters. The van der Waals surface area contributed by atoms with E-state index >= 15 is 0 Å². The van der Waals surface area contributed by atoms with Gasteiger partial charge in [-0.05, 0) is 18.9 Å². The fourth-order valence-corrected chi connectivity index (χ4v) is 2.51. The number of ether oxygens (including phenoxy) is 1. The predicted octanol–water partition coefficient (Wildman–Crippen LogP) is 5.33. The summed E-state index contributed by atoms with van der Waals surface area (Å²) in [6.07, 6.45) is 7.19. The molecule has 1 aromatic rings. The van der Waals surface area contributed by atoms with Crippen molar-refractivity contribution in [3.8, 4) is 0 Å². The highest BCUT2D eigenvalue weighted by atomic mass is 79.9. The Balaban J connectivity index is 2.22. The van der Waals surface area contributed by atoms with E-state index < -0.39 is 0 Å². The number of hydrogen-bond acceptors (Lipinski definition) is 2. The zero-order chi connectivity index (χ0) is 14.8. The molecule has 0 fully saturated rings. The third kappa shape index (κ3) is 6.56. The molecule has 0 amide bonds. The lowest BCUT2D eigenvalue weighted by atomic mass is 10.1. The standard InChI is InChI=1S/C17H25BrO2/c1-3-4-5-6-7-8-12-20-17(19)16(18)15-11-9-10-14(2)13-15/h9-11,13,16H,3-8,12H2,1-2H3/t16-/m1/s1. The maximum atomic E-state index is 11.9. The number of esters is 1. The van der Waals surface area contributed by atoms with E-state index in [-0.39, 0.29) is 10.8 Å². The first-order chi connectivity index (χ1) is 9.65. The first-order valence-corrected chi connectivity index (χ1v) is 8.44. The van der Waals surface area contributed by atoms with Crippen LogP contribution in [0.25, 0.3) is 0 Å². The van der Waals surface area contributed by atoms with Gasteiger partial charge in [0.15, 0.2) is 0 Å². The summed E-state index contributed by atoms with van der Waals surface area (Å²) < 4.78 is 5.32. The van der Waals surface area contributed by atoms with Gasteiger partial charge < -0.3 is 4.74 Å². The molecule has 0 aliphatic rings. The number of carbonyl (C=O) groups excluding carboxylic acids is 1.